The highest BCUT2D eigenvalue weighted by atomic mass is 15.2. The first-order valence-corrected chi connectivity index (χ1v) is 7.86. The van der Waals surface area contributed by atoms with Crippen molar-refractivity contribution in [3.63, 3.8) is 0 Å². The fraction of sp³-hybridized carbons (Fsp3) is 0.750. The van der Waals surface area contributed by atoms with Gasteiger partial charge in [0.05, 0.1) is 0 Å². The average molecular weight is 278 g/mol. The van der Waals surface area contributed by atoms with Gasteiger partial charge in [0.1, 0.15) is 17.5 Å². The number of rotatable bonds is 8. The van der Waals surface area contributed by atoms with Crippen LogP contribution in [0.3, 0.4) is 0 Å². The van der Waals surface area contributed by atoms with Gasteiger partial charge in [0.2, 0.25) is 0 Å². The first-order valence-electron chi connectivity index (χ1n) is 7.86. The van der Waals surface area contributed by atoms with Gasteiger partial charge >= 0.3 is 0 Å². The molecule has 0 fully saturated rings. The lowest BCUT2D eigenvalue weighted by Crippen LogP contribution is -2.35. The quantitative estimate of drug-likeness (QED) is 0.786. The van der Waals surface area contributed by atoms with E-state index in [1.165, 1.54) is 0 Å². The van der Waals surface area contributed by atoms with E-state index >= 15 is 0 Å². The Morgan fingerprint density at radius 1 is 1.15 bits per heavy atom. The molecule has 0 bridgehead atoms. The smallest absolute Gasteiger partial charge is 0.134 e. The second kappa shape index (κ2) is 8.08. The van der Waals surface area contributed by atoms with Gasteiger partial charge in [-0.15, -0.1) is 0 Å². The largest absolute Gasteiger partial charge is 0.370 e. The van der Waals surface area contributed by atoms with Crippen LogP contribution in [-0.4, -0.2) is 29.1 Å². The van der Waals surface area contributed by atoms with Crippen LogP contribution in [0.4, 0.5) is 11.6 Å². The van der Waals surface area contributed by atoms with Gasteiger partial charge in [-0.05, 0) is 33.1 Å². The molecule has 1 N–H and O–H groups in total. The summed E-state index contributed by atoms with van der Waals surface area (Å²) < 4.78 is 0. The summed E-state index contributed by atoms with van der Waals surface area (Å²) in [5.41, 5.74) is 0. The Kier molecular flexibility index (Phi) is 6.76. The topological polar surface area (TPSA) is 41.1 Å². The fourth-order valence-corrected chi connectivity index (χ4v) is 2.20. The van der Waals surface area contributed by atoms with E-state index in [2.05, 4.69) is 62.8 Å². The molecule has 0 aliphatic rings. The molecule has 0 amide bonds. The lowest BCUT2D eigenvalue weighted by molar-refractivity contribution is 0.564. The molecule has 0 aliphatic carbocycles. The zero-order valence-electron chi connectivity index (χ0n) is 13.9. The summed E-state index contributed by atoms with van der Waals surface area (Å²) in [6.07, 6.45) is 2.00. The Morgan fingerprint density at radius 3 is 2.35 bits per heavy atom. The summed E-state index contributed by atoms with van der Waals surface area (Å²) in [6, 6.07) is 2.52. The number of hydrogen-bond donors (Lipinski definition) is 1. The van der Waals surface area contributed by atoms with Crippen LogP contribution in [0.1, 0.15) is 53.8 Å². The van der Waals surface area contributed by atoms with Gasteiger partial charge in [0, 0.05) is 31.6 Å². The normalized spacial score (nSPS) is 11.2. The summed E-state index contributed by atoms with van der Waals surface area (Å²) in [5, 5.41) is 3.32. The Morgan fingerprint density at radius 2 is 1.85 bits per heavy atom. The number of hydrogen-bond acceptors (Lipinski definition) is 4. The van der Waals surface area contributed by atoms with Crippen molar-refractivity contribution in [1.82, 2.24) is 9.97 Å². The maximum Gasteiger partial charge on any atom is 0.134 e. The molecule has 0 saturated heterocycles. The first-order chi connectivity index (χ1) is 9.47. The van der Waals surface area contributed by atoms with E-state index in [0.29, 0.717) is 12.0 Å². The zero-order chi connectivity index (χ0) is 15.1. The lowest BCUT2D eigenvalue weighted by Gasteiger charge is -2.30. The van der Waals surface area contributed by atoms with Gasteiger partial charge in [-0.2, -0.15) is 0 Å². The molecule has 1 rings (SSSR count). The van der Waals surface area contributed by atoms with E-state index in [0.717, 1.165) is 43.4 Å². The van der Waals surface area contributed by atoms with Crippen molar-refractivity contribution in [2.24, 2.45) is 5.92 Å². The molecule has 4 heteroatoms. The molecule has 1 heterocycles. The molecule has 0 aromatic carbocycles. The second-order valence-corrected chi connectivity index (χ2v) is 5.95. The minimum atomic E-state index is 0.441. The SMILES string of the molecule is CCCc1nc(NCC)cc(N(CC(C)C)C(C)C)n1. The van der Waals surface area contributed by atoms with E-state index in [-0.39, 0.29) is 0 Å². The third-order valence-electron chi connectivity index (χ3n) is 3.07. The highest BCUT2D eigenvalue weighted by molar-refractivity contribution is 5.50. The maximum absolute atomic E-state index is 4.75. The van der Waals surface area contributed by atoms with E-state index in [4.69, 9.17) is 4.98 Å². The third-order valence-corrected chi connectivity index (χ3v) is 3.07. The van der Waals surface area contributed by atoms with Crippen LogP contribution in [0.25, 0.3) is 0 Å². The molecule has 1 aromatic heterocycles. The van der Waals surface area contributed by atoms with Crippen molar-refractivity contribution in [1.29, 1.82) is 0 Å². The predicted molar refractivity (Wildman–Crippen MR) is 87.5 cm³/mol. The molecule has 1 aromatic rings. The van der Waals surface area contributed by atoms with Crippen LogP contribution in [0.5, 0.6) is 0 Å². The van der Waals surface area contributed by atoms with Gasteiger partial charge in [-0.25, -0.2) is 9.97 Å². The lowest BCUT2D eigenvalue weighted by atomic mass is 10.2. The Hall–Kier alpha value is -1.32. The van der Waals surface area contributed by atoms with Crippen LogP contribution in [0.2, 0.25) is 0 Å². The maximum atomic E-state index is 4.75. The molecule has 0 unspecified atom stereocenters. The van der Waals surface area contributed by atoms with Crippen LogP contribution in [0, 0.1) is 5.92 Å². The van der Waals surface area contributed by atoms with Gasteiger partial charge in [0.15, 0.2) is 0 Å². The molecular formula is C16H30N4. The van der Waals surface area contributed by atoms with Crippen LogP contribution in [-0.2, 0) is 6.42 Å². The van der Waals surface area contributed by atoms with Crippen molar-refractivity contribution >= 4 is 11.6 Å². The van der Waals surface area contributed by atoms with E-state index in [9.17, 15) is 0 Å². The summed E-state index contributed by atoms with van der Waals surface area (Å²) in [5.74, 6) is 3.54. The Balaban J connectivity index is 3.10. The minimum absolute atomic E-state index is 0.441. The van der Waals surface area contributed by atoms with Crippen molar-refractivity contribution < 1.29 is 0 Å². The molecule has 0 spiro atoms. The summed E-state index contributed by atoms with van der Waals surface area (Å²) in [6.45, 7) is 15.1. The molecule has 114 valence electrons. The second-order valence-electron chi connectivity index (χ2n) is 5.95. The molecule has 0 saturated carbocycles. The van der Waals surface area contributed by atoms with Crippen molar-refractivity contribution in [2.75, 3.05) is 23.3 Å². The fourth-order valence-electron chi connectivity index (χ4n) is 2.20. The average Bonchev–Trinajstić information content (AvgIpc) is 2.36. The van der Waals surface area contributed by atoms with Crippen molar-refractivity contribution in [2.45, 2.75) is 60.4 Å². The highest BCUT2D eigenvalue weighted by Gasteiger charge is 2.15. The van der Waals surface area contributed by atoms with Crippen LogP contribution in [0.15, 0.2) is 6.07 Å². The third kappa shape index (κ3) is 4.99. The van der Waals surface area contributed by atoms with Crippen LogP contribution >= 0.6 is 0 Å². The summed E-state index contributed by atoms with van der Waals surface area (Å²) in [4.78, 5) is 11.7. The Labute approximate surface area is 124 Å². The van der Waals surface area contributed by atoms with E-state index in [1.54, 1.807) is 0 Å². The van der Waals surface area contributed by atoms with Gasteiger partial charge in [-0.1, -0.05) is 20.8 Å². The predicted octanol–water partition coefficient (Wildman–Crippen LogP) is 3.73. The molecule has 20 heavy (non-hydrogen) atoms. The highest BCUT2D eigenvalue weighted by Crippen LogP contribution is 2.20. The zero-order valence-corrected chi connectivity index (χ0v) is 13.9. The summed E-state index contributed by atoms with van der Waals surface area (Å²) in [7, 11) is 0. The van der Waals surface area contributed by atoms with E-state index < -0.39 is 0 Å². The molecule has 4 nitrogen and oxygen atoms in total. The first kappa shape index (κ1) is 16.7. The van der Waals surface area contributed by atoms with Crippen LogP contribution < -0.4 is 10.2 Å². The van der Waals surface area contributed by atoms with Gasteiger partial charge in [0.25, 0.3) is 0 Å². The Bertz CT molecular complexity index is 377. The molecule has 0 atom stereocenters. The number of aryl methyl sites for hydroxylation is 1. The van der Waals surface area contributed by atoms with Gasteiger partial charge in [-0.3, -0.25) is 0 Å². The van der Waals surface area contributed by atoms with Crippen molar-refractivity contribution in [3.05, 3.63) is 11.9 Å². The van der Waals surface area contributed by atoms with E-state index in [1.807, 2.05) is 0 Å². The number of aromatic nitrogens is 2. The van der Waals surface area contributed by atoms with Gasteiger partial charge < -0.3 is 10.2 Å². The summed E-state index contributed by atoms with van der Waals surface area (Å²) >= 11 is 0. The molecule has 0 radical (unpaired) electrons. The number of anilines is 2. The number of nitrogens with zero attached hydrogens (tertiary/aromatic N) is 3. The molecule has 0 aliphatic heterocycles. The van der Waals surface area contributed by atoms with Crippen molar-refractivity contribution in [3.8, 4) is 0 Å². The number of nitrogens with one attached hydrogen (secondary N) is 1. The minimum Gasteiger partial charge on any atom is -0.370 e. The monoisotopic (exact) mass is 278 g/mol. The molecular weight excluding hydrogens is 248 g/mol. The standard InChI is InChI=1S/C16H30N4/c1-7-9-14-18-15(17-8-2)10-16(19-14)20(13(5)6)11-12(3)4/h10,12-13H,7-9,11H2,1-6H3,(H,17,18,19).